The van der Waals surface area contributed by atoms with E-state index in [2.05, 4.69) is 4.98 Å². The van der Waals surface area contributed by atoms with Gasteiger partial charge in [0.1, 0.15) is 5.52 Å². The van der Waals surface area contributed by atoms with Crippen LogP contribution in [0.5, 0.6) is 0 Å². The first kappa shape index (κ1) is 11.1. The van der Waals surface area contributed by atoms with Crippen molar-refractivity contribution in [1.82, 2.24) is 4.98 Å². The van der Waals surface area contributed by atoms with Crippen LogP contribution < -0.4 is 5.73 Å². The second-order valence-electron chi connectivity index (χ2n) is 4.22. The molecule has 0 spiro atoms. The Morgan fingerprint density at radius 3 is 2.83 bits per heavy atom. The predicted octanol–water partition coefficient (Wildman–Crippen LogP) is 4.04. The van der Waals surface area contributed by atoms with Gasteiger partial charge in [0.05, 0.1) is 5.56 Å². The smallest absolute Gasteiger partial charge is 0.229 e. The molecule has 4 heteroatoms. The highest BCUT2D eigenvalue weighted by Gasteiger charge is 2.11. The third-order valence-electron chi connectivity index (χ3n) is 2.79. The fraction of sp³-hybridized carbons (Fsp3) is 0.0714. The molecule has 0 atom stereocenters. The van der Waals surface area contributed by atoms with Crippen LogP contribution in [0.2, 0.25) is 5.02 Å². The molecule has 0 unspecified atom stereocenters. The van der Waals surface area contributed by atoms with Crippen LogP contribution in [0.3, 0.4) is 0 Å². The van der Waals surface area contributed by atoms with Gasteiger partial charge in [0.25, 0.3) is 0 Å². The summed E-state index contributed by atoms with van der Waals surface area (Å²) in [7, 11) is 0. The first-order valence-corrected chi connectivity index (χ1v) is 5.94. The van der Waals surface area contributed by atoms with Crippen molar-refractivity contribution in [1.29, 1.82) is 0 Å². The van der Waals surface area contributed by atoms with Crippen molar-refractivity contribution in [3.05, 3.63) is 47.0 Å². The summed E-state index contributed by atoms with van der Waals surface area (Å²) < 4.78 is 5.70. The van der Waals surface area contributed by atoms with Gasteiger partial charge in [-0.15, -0.1) is 0 Å². The second kappa shape index (κ2) is 4.03. The summed E-state index contributed by atoms with van der Waals surface area (Å²) in [5, 5.41) is 0.638. The third kappa shape index (κ3) is 1.83. The van der Waals surface area contributed by atoms with Gasteiger partial charge >= 0.3 is 0 Å². The standard InChI is InChI=1S/C14H11ClN2O/c1-8-2-4-11(16)10(6-8)14-17-12-7-9(15)3-5-13(12)18-14/h2-7H,16H2,1H3. The molecule has 3 nitrogen and oxygen atoms in total. The van der Waals surface area contributed by atoms with E-state index in [1.807, 2.05) is 25.1 Å². The Morgan fingerprint density at radius 1 is 1.17 bits per heavy atom. The van der Waals surface area contributed by atoms with E-state index in [1.54, 1.807) is 18.2 Å². The molecule has 2 aromatic carbocycles. The van der Waals surface area contributed by atoms with Crippen LogP contribution in [0, 0.1) is 6.92 Å². The van der Waals surface area contributed by atoms with E-state index in [0.29, 0.717) is 22.2 Å². The average Bonchev–Trinajstić information content (AvgIpc) is 2.74. The van der Waals surface area contributed by atoms with Crippen molar-refractivity contribution >= 4 is 28.4 Å². The number of aryl methyl sites for hydroxylation is 1. The molecule has 0 aliphatic heterocycles. The van der Waals surface area contributed by atoms with Gasteiger partial charge in [-0.1, -0.05) is 23.2 Å². The van der Waals surface area contributed by atoms with Crippen molar-refractivity contribution < 1.29 is 4.42 Å². The Morgan fingerprint density at radius 2 is 2.00 bits per heavy atom. The molecule has 3 rings (SSSR count). The third-order valence-corrected chi connectivity index (χ3v) is 3.02. The molecule has 3 aromatic rings. The van der Waals surface area contributed by atoms with Gasteiger partial charge in [-0.25, -0.2) is 4.98 Å². The summed E-state index contributed by atoms with van der Waals surface area (Å²) in [6, 6.07) is 11.1. The molecular formula is C14H11ClN2O. The number of fused-ring (bicyclic) bond motifs is 1. The normalized spacial score (nSPS) is 11.0. The number of hydrogen-bond donors (Lipinski definition) is 1. The van der Waals surface area contributed by atoms with Crippen molar-refractivity contribution in [3.8, 4) is 11.5 Å². The van der Waals surface area contributed by atoms with Crippen molar-refractivity contribution in [2.75, 3.05) is 5.73 Å². The molecule has 0 aliphatic carbocycles. The summed E-state index contributed by atoms with van der Waals surface area (Å²) in [4.78, 5) is 4.41. The summed E-state index contributed by atoms with van der Waals surface area (Å²) >= 11 is 5.92. The van der Waals surface area contributed by atoms with Gasteiger partial charge < -0.3 is 10.2 Å². The largest absolute Gasteiger partial charge is 0.436 e. The zero-order valence-corrected chi connectivity index (χ0v) is 10.5. The van der Waals surface area contributed by atoms with Crippen LogP contribution in [0.15, 0.2) is 40.8 Å². The number of nitrogens with two attached hydrogens (primary N) is 1. The van der Waals surface area contributed by atoms with Gasteiger partial charge in [-0.3, -0.25) is 0 Å². The van der Waals surface area contributed by atoms with Gasteiger partial charge in [0, 0.05) is 10.7 Å². The minimum atomic E-state index is 0.522. The number of benzene rings is 2. The highest BCUT2D eigenvalue weighted by molar-refractivity contribution is 6.31. The van der Waals surface area contributed by atoms with E-state index in [-0.39, 0.29) is 0 Å². The molecule has 0 fully saturated rings. The molecule has 0 bridgehead atoms. The number of rotatable bonds is 1. The SMILES string of the molecule is Cc1ccc(N)c(-c2nc3cc(Cl)ccc3o2)c1. The van der Waals surface area contributed by atoms with Crippen LogP contribution in [0.1, 0.15) is 5.56 Å². The quantitative estimate of drug-likeness (QED) is 0.670. The fourth-order valence-corrected chi connectivity index (χ4v) is 2.04. The van der Waals surface area contributed by atoms with Gasteiger partial charge in [-0.05, 0) is 37.3 Å². The number of halogens is 1. The monoisotopic (exact) mass is 258 g/mol. The number of oxazole rings is 1. The Balaban J connectivity index is 2.22. The van der Waals surface area contributed by atoms with Crippen molar-refractivity contribution in [2.24, 2.45) is 0 Å². The molecule has 0 aliphatic rings. The Bertz CT molecular complexity index is 734. The molecule has 0 saturated carbocycles. The zero-order chi connectivity index (χ0) is 12.7. The molecule has 2 N–H and O–H groups in total. The minimum absolute atomic E-state index is 0.522. The van der Waals surface area contributed by atoms with Gasteiger partial charge in [0.15, 0.2) is 5.58 Å². The highest BCUT2D eigenvalue weighted by Crippen LogP contribution is 2.30. The number of anilines is 1. The minimum Gasteiger partial charge on any atom is -0.436 e. The lowest BCUT2D eigenvalue weighted by molar-refractivity contribution is 0.620. The van der Waals surface area contributed by atoms with E-state index in [1.165, 1.54) is 0 Å². The van der Waals surface area contributed by atoms with Crippen LogP contribution in [0.4, 0.5) is 5.69 Å². The van der Waals surface area contributed by atoms with Crippen molar-refractivity contribution in [2.45, 2.75) is 6.92 Å². The van der Waals surface area contributed by atoms with E-state index >= 15 is 0 Å². The predicted molar refractivity (Wildman–Crippen MR) is 73.6 cm³/mol. The van der Waals surface area contributed by atoms with E-state index in [9.17, 15) is 0 Å². The van der Waals surface area contributed by atoms with E-state index in [4.69, 9.17) is 21.8 Å². The summed E-state index contributed by atoms with van der Waals surface area (Å²) in [5.74, 6) is 0.522. The average molecular weight is 259 g/mol. The second-order valence-corrected chi connectivity index (χ2v) is 4.66. The number of hydrogen-bond acceptors (Lipinski definition) is 3. The van der Waals surface area contributed by atoms with Crippen LogP contribution in [-0.4, -0.2) is 4.98 Å². The lowest BCUT2D eigenvalue weighted by Gasteiger charge is -2.01. The molecule has 0 amide bonds. The maximum Gasteiger partial charge on any atom is 0.229 e. The first-order chi connectivity index (χ1) is 8.63. The maximum atomic E-state index is 5.95. The topological polar surface area (TPSA) is 52.0 Å². The molecular weight excluding hydrogens is 248 g/mol. The van der Waals surface area contributed by atoms with Crippen molar-refractivity contribution in [3.63, 3.8) is 0 Å². The van der Waals surface area contributed by atoms with E-state index < -0.39 is 0 Å². The van der Waals surface area contributed by atoms with Crippen LogP contribution in [0.25, 0.3) is 22.6 Å². The lowest BCUT2D eigenvalue weighted by atomic mass is 10.1. The van der Waals surface area contributed by atoms with E-state index in [0.717, 1.165) is 16.6 Å². The fourth-order valence-electron chi connectivity index (χ4n) is 1.87. The number of aromatic nitrogens is 1. The Kier molecular flexibility index (Phi) is 2.49. The van der Waals surface area contributed by atoms with Gasteiger partial charge in [0.2, 0.25) is 5.89 Å². The first-order valence-electron chi connectivity index (χ1n) is 5.56. The van der Waals surface area contributed by atoms with Crippen LogP contribution in [-0.2, 0) is 0 Å². The summed E-state index contributed by atoms with van der Waals surface area (Å²) in [6.45, 7) is 2.00. The highest BCUT2D eigenvalue weighted by atomic mass is 35.5. The Labute approximate surface area is 109 Å². The lowest BCUT2D eigenvalue weighted by Crippen LogP contribution is -1.90. The maximum absolute atomic E-state index is 5.95. The van der Waals surface area contributed by atoms with Gasteiger partial charge in [-0.2, -0.15) is 0 Å². The Hall–Kier alpha value is -2.00. The molecule has 1 heterocycles. The summed E-state index contributed by atoms with van der Waals surface area (Å²) in [5.41, 5.74) is 9.96. The number of nitrogen functional groups attached to an aromatic ring is 1. The van der Waals surface area contributed by atoms with Crippen LogP contribution >= 0.6 is 11.6 Å². The molecule has 1 aromatic heterocycles. The zero-order valence-electron chi connectivity index (χ0n) is 9.77. The molecule has 90 valence electrons. The summed E-state index contributed by atoms with van der Waals surface area (Å²) in [6.07, 6.45) is 0. The molecule has 0 radical (unpaired) electrons. The number of nitrogens with zero attached hydrogens (tertiary/aromatic N) is 1. The molecule has 18 heavy (non-hydrogen) atoms. The molecule has 0 saturated heterocycles.